The highest BCUT2D eigenvalue weighted by Crippen LogP contribution is 2.28. The molecule has 1 aromatic heterocycles. The molecular formula is C22H23Cl2N5O2S. The zero-order valence-electron chi connectivity index (χ0n) is 17.6. The molecule has 1 amide bonds. The van der Waals surface area contributed by atoms with Gasteiger partial charge >= 0.3 is 0 Å². The number of carbonyl (C=O) groups excluding carboxylic acids is 1. The van der Waals surface area contributed by atoms with E-state index in [1.807, 2.05) is 29.7 Å². The molecule has 1 fully saturated rings. The predicted molar refractivity (Wildman–Crippen MR) is 128 cm³/mol. The lowest BCUT2D eigenvalue weighted by Crippen LogP contribution is -2.37. The molecule has 3 aromatic rings. The zero-order valence-corrected chi connectivity index (χ0v) is 19.9. The van der Waals surface area contributed by atoms with Crippen LogP contribution in [0.25, 0.3) is 5.69 Å². The highest BCUT2D eigenvalue weighted by molar-refractivity contribution is 7.99. The first-order chi connectivity index (χ1) is 15.5. The molecule has 1 N–H and O–H groups in total. The topological polar surface area (TPSA) is 72.3 Å². The van der Waals surface area contributed by atoms with Crippen molar-refractivity contribution in [1.29, 1.82) is 0 Å². The summed E-state index contributed by atoms with van der Waals surface area (Å²) in [7, 11) is 0. The molecule has 1 aliphatic rings. The third-order valence-corrected chi connectivity index (χ3v) is 6.51. The van der Waals surface area contributed by atoms with Crippen LogP contribution in [0.2, 0.25) is 10.0 Å². The van der Waals surface area contributed by atoms with Gasteiger partial charge in [-0.3, -0.25) is 9.36 Å². The Morgan fingerprint density at radius 3 is 2.72 bits per heavy atom. The molecule has 0 aliphatic carbocycles. The molecule has 2 aromatic carbocycles. The monoisotopic (exact) mass is 491 g/mol. The first-order valence-electron chi connectivity index (χ1n) is 10.2. The lowest BCUT2D eigenvalue weighted by molar-refractivity contribution is -0.118. The number of hydrogen-bond donors (Lipinski definition) is 1. The summed E-state index contributed by atoms with van der Waals surface area (Å²) in [6.45, 7) is 5.18. The second-order valence-corrected chi connectivity index (χ2v) is 9.14. The first-order valence-corrected chi connectivity index (χ1v) is 11.9. The second kappa shape index (κ2) is 10.6. The molecule has 0 atom stereocenters. The van der Waals surface area contributed by atoms with Crippen molar-refractivity contribution in [2.45, 2.75) is 18.6 Å². The number of thioether (sulfide) groups is 1. The van der Waals surface area contributed by atoms with E-state index in [2.05, 4.69) is 26.5 Å². The smallest absolute Gasteiger partial charge is 0.232 e. The lowest BCUT2D eigenvalue weighted by Gasteiger charge is -2.28. The van der Waals surface area contributed by atoms with Gasteiger partial charge < -0.3 is 15.0 Å². The predicted octanol–water partition coefficient (Wildman–Crippen LogP) is 4.13. The van der Waals surface area contributed by atoms with Crippen molar-refractivity contribution < 1.29 is 9.53 Å². The van der Waals surface area contributed by atoms with E-state index in [4.69, 9.17) is 27.9 Å². The van der Waals surface area contributed by atoms with E-state index < -0.39 is 0 Å². The van der Waals surface area contributed by atoms with Gasteiger partial charge in [0.1, 0.15) is 0 Å². The van der Waals surface area contributed by atoms with Crippen molar-refractivity contribution in [2.75, 3.05) is 37.0 Å². The van der Waals surface area contributed by atoms with Crippen LogP contribution in [0, 0.1) is 6.92 Å². The summed E-state index contributed by atoms with van der Waals surface area (Å²) in [5, 5.41) is 13.5. The van der Waals surface area contributed by atoms with Gasteiger partial charge in [0.15, 0.2) is 5.16 Å². The summed E-state index contributed by atoms with van der Waals surface area (Å²) >= 11 is 13.5. The number of rotatable bonds is 7. The number of ether oxygens (including phenoxy) is 1. The van der Waals surface area contributed by atoms with Crippen molar-refractivity contribution in [3.63, 3.8) is 0 Å². The van der Waals surface area contributed by atoms with Gasteiger partial charge in [-0.1, -0.05) is 53.2 Å². The third-order valence-electron chi connectivity index (χ3n) is 4.99. The van der Waals surface area contributed by atoms with Crippen LogP contribution in [0.4, 0.5) is 5.95 Å². The fourth-order valence-corrected chi connectivity index (χ4v) is 4.61. The minimum atomic E-state index is -0.118. The zero-order chi connectivity index (χ0) is 22.5. The van der Waals surface area contributed by atoms with E-state index in [1.54, 1.807) is 18.2 Å². The second-order valence-electron chi connectivity index (χ2n) is 7.36. The summed E-state index contributed by atoms with van der Waals surface area (Å²) in [5.74, 6) is 0.848. The van der Waals surface area contributed by atoms with Gasteiger partial charge in [-0.25, -0.2) is 0 Å². The molecule has 7 nitrogen and oxygen atoms in total. The quantitative estimate of drug-likeness (QED) is 0.501. The van der Waals surface area contributed by atoms with E-state index >= 15 is 0 Å². The maximum absolute atomic E-state index is 12.5. The summed E-state index contributed by atoms with van der Waals surface area (Å²) in [6, 6.07) is 13.4. The molecule has 0 radical (unpaired) electrons. The number of nitrogens with one attached hydrogen (secondary N) is 1. The maximum Gasteiger partial charge on any atom is 0.232 e. The van der Waals surface area contributed by atoms with Gasteiger partial charge in [-0.15, -0.1) is 10.2 Å². The Balaban J connectivity index is 1.48. The average Bonchev–Trinajstić information content (AvgIpc) is 3.22. The van der Waals surface area contributed by atoms with Crippen molar-refractivity contribution in [3.8, 4) is 5.69 Å². The fraction of sp³-hybridized carbons (Fsp3) is 0.318. The van der Waals surface area contributed by atoms with Crippen LogP contribution in [0.1, 0.15) is 11.1 Å². The highest BCUT2D eigenvalue weighted by Gasteiger charge is 2.22. The number of amides is 1. The molecule has 1 aliphatic heterocycles. The number of morpholine rings is 1. The van der Waals surface area contributed by atoms with Crippen molar-refractivity contribution >= 4 is 46.8 Å². The first kappa shape index (κ1) is 22.9. The Morgan fingerprint density at radius 1 is 1.16 bits per heavy atom. The van der Waals surface area contributed by atoms with Gasteiger partial charge in [-0.2, -0.15) is 0 Å². The number of hydrogen-bond acceptors (Lipinski definition) is 6. The van der Waals surface area contributed by atoms with Crippen molar-refractivity contribution in [1.82, 2.24) is 20.1 Å². The largest absolute Gasteiger partial charge is 0.378 e. The van der Waals surface area contributed by atoms with Gasteiger partial charge in [0.05, 0.1) is 24.7 Å². The van der Waals surface area contributed by atoms with E-state index in [1.165, 1.54) is 11.8 Å². The van der Waals surface area contributed by atoms with E-state index in [9.17, 15) is 4.79 Å². The van der Waals surface area contributed by atoms with E-state index in [0.717, 1.165) is 35.9 Å². The molecule has 32 heavy (non-hydrogen) atoms. The molecule has 168 valence electrons. The third kappa shape index (κ3) is 5.56. The van der Waals surface area contributed by atoms with Crippen LogP contribution in [0.15, 0.2) is 47.6 Å². The molecule has 0 spiro atoms. The SMILES string of the molecule is Cc1cccc(-n2c(SCC(=O)NCc3ccc(Cl)cc3Cl)nnc2N2CCOCC2)c1. The molecule has 1 saturated heterocycles. The van der Waals surface area contributed by atoms with Crippen LogP contribution >= 0.6 is 35.0 Å². The van der Waals surface area contributed by atoms with Crippen LogP contribution in [0.5, 0.6) is 0 Å². The van der Waals surface area contributed by atoms with Crippen LogP contribution in [-0.4, -0.2) is 52.7 Å². The molecular weight excluding hydrogens is 469 g/mol. The van der Waals surface area contributed by atoms with Gasteiger partial charge in [0.2, 0.25) is 11.9 Å². The number of benzene rings is 2. The summed E-state index contributed by atoms with van der Waals surface area (Å²) < 4.78 is 7.48. The molecule has 2 heterocycles. The number of halogens is 2. The molecule has 10 heteroatoms. The maximum atomic E-state index is 12.5. The number of nitrogens with zero attached hydrogens (tertiary/aromatic N) is 4. The molecule has 0 unspecified atom stereocenters. The highest BCUT2D eigenvalue weighted by atomic mass is 35.5. The normalized spacial score (nSPS) is 13.9. The molecule has 4 rings (SSSR count). The Morgan fingerprint density at radius 2 is 1.97 bits per heavy atom. The standard InChI is InChI=1S/C22H23Cl2N5O2S/c1-15-3-2-4-18(11-15)29-21(28-7-9-31-10-8-28)26-27-22(29)32-14-20(30)25-13-16-5-6-17(23)12-19(16)24/h2-6,11-12H,7-10,13-14H2,1H3,(H,25,30). The molecule has 0 bridgehead atoms. The minimum absolute atomic E-state index is 0.118. The van der Waals surface area contributed by atoms with E-state index in [0.29, 0.717) is 35.0 Å². The minimum Gasteiger partial charge on any atom is -0.378 e. The van der Waals surface area contributed by atoms with Crippen LogP contribution in [-0.2, 0) is 16.1 Å². The average molecular weight is 492 g/mol. The van der Waals surface area contributed by atoms with Gasteiger partial charge in [0, 0.05) is 29.7 Å². The number of aromatic nitrogens is 3. The van der Waals surface area contributed by atoms with Crippen LogP contribution < -0.4 is 10.2 Å². The Kier molecular flexibility index (Phi) is 7.57. The lowest BCUT2D eigenvalue weighted by atomic mass is 10.2. The van der Waals surface area contributed by atoms with Gasteiger partial charge in [0.25, 0.3) is 0 Å². The van der Waals surface area contributed by atoms with E-state index in [-0.39, 0.29) is 11.7 Å². The summed E-state index contributed by atoms with van der Waals surface area (Å²) in [6.07, 6.45) is 0. The summed E-state index contributed by atoms with van der Waals surface area (Å²) in [5.41, 5.74) is 2.91. The fourth-order valence-electron chi connectivity index (χ4n) is 3.36. The summed E-state index contributed by atoms with van der Waals surface area (Å²) in [4.78, 5) is 14.7. The molecule has 0 saturated carbocycles. The number of anilines is 1. The van der Waals surface area contributed by atoms with Crippen molar-refractivity contribution in [3.05, 3.63) is 63.6 Å². The van der Waals surface area contributed by atoms with Gasteiger partial charge in [-0.05, 0) is 42.3 Å². The Hall–Kier alpha value is -2.26. The van der Waals surface area contributed by atoms with Crippen molar-refractivity contribution in [2.24, 2.45) is 0 Å². The number of aryl methyl sites for hydroxylation is 1. The number of carbonyl (C=O) groups is 1. The Bertz CT molecular complexity index is 1100. The Labute approximate surface area is 201 Å². The van der Waals surface area contributed by atoms with Crippen LogP contribution in [0.3, 0.4) is 0 Å².